The Morgan fingerprint density at radius 2 is 1.68 bits per heavy atom. The van der Waals surface area contributed by atoms with Crippen molar-refractivity contribution < 1.29 is 14.4 Å². The Balaban J connectivity index is 1.52. The second-order valence-electron chi connectivity index (χ2n) is 8.35. The average Bonchev–Trinajstić information content (AvgIpc) is 2.78. The summed E-state index contributed by atoms with van der Waals surface area (Å²) in [7, 11) is 1.89. The van der Waals surface area contributed by atoms with Crippen LogP contribution in [0.5, 0.6) is 0 Å². The topological polar surface area (TPSA) is 69.7 Å². The number of nitrogens with zero attached hydrogens (tertiary/aromatic N) is 2. The molecule has 2 aliphatic heterocycles. The number of hydrogen-bond donors (Lipinski definition) is 1. The summed E-state index contributed by atoms with van der Waals surface area (Å²) in [6, 6.07) is 21.1. The normalized spacial score (nSPS) is 20.9. The number of hydrogen-bond acceptors (Lipinski definition) is 4. The van der Waals surface area contributed by atoms with E-state index >= 15 is 0 Å². The lowest BCUT2D eigenvalue weighted by Crippen LogP contribution is -2.68. The Kier molecular flexibility index (Phi) is 4.50. The molecule has 1 saturated heterocycles. The van der Waals surface area contributed by atoms with Crippen LogP contribution in [0.25, 0.3) is 10.8 Å². The van der Waals surface area contributed by atoms with E-state index in [0.29, 0.717) is 6.42 Å². The molecule has 5 rings (SSSR count). The molecule has 0 bridgehead atoms. The molecular formula is C25H23N3O3. The second kappa shape index (κ2) is 7.23. The molecule has 0 unspecified atom stereocenters. The van der Waals surface area contributed by atoms with E-state index in [1.807, 2.05) is 72.6 Å². The zero-order valence-electron chi connectivity index (χ0n) is 17.3. The molecule has 0 aromatic heterocycles. The fourth-order valence-electron chi connectivity index (χ4n) is 4.83. The van der Waals surface area contributed by atoms with Crippen LogP contribution < -0.4 is 10.2 Å². The van der Waals surface area contributed by atoms with Crippen molar-refractivity contribution in [2.24, 2.45) is 5.41 Å². The SMILES string of the molecule is CN1C[C@@]2(Cc3c1ccc1ccccc31)C(=O)NC(=O)N(CCc1ccccc1)C2=O. The predicted molar refractivity (Wildman–Crippen MR) is 119 cm³/mol. The van der Waals surface area contributed by atoms with Gasteiger partial charge in [-0.25, -0.2) is 4.79 Å². The number of carbonyl (C=O) groups is 3. The van der Waals surface area contributed by atoms with Gasteiger partial charge >= 0.3 is 6.03 Å². The predicted octanol–water partition coefficient (Wildman–Crippen LogP) is 3.14. The first-order valence-electron chi connectivity index (χ1n) is 10.4. The maximum absolute atomic E-state index is 13.7. The molecule has 0 saturated carbocycles. The van der Waals surface area contributed by atoms with Gasteiger partial charge in [-0.15, -0.1) is 0 Å². The maximum atomic E-state index is 13.7. The van der Waals surface area contributed by atoms with E-state index in [9.17, 15) is 14.4 Å². The molecule has 1 spiro atoms. The minimum Gasteiger partial charge on any atom is -0.373 e. The molecule has 0 radical (unpaired) electrons. The van der Waals surface area contributed by atoms with Crippen LogP contribution in [0.4, 0.5) is 10.5 Å². The molecule has 2 aliphatic rings. The van der Waals surface area contributed by atoms with Crippen LogP contribution in [0.3, 0.4) is 0 Å². The van der Waals surface area contributed by atoms with Crippen LogP contribution in [-0.2, 0) is 22.4 Å². The third-order valence-electron chi connectivity index (χ3n) is 6.43. The number of benzene rings is 3. The highest BCUT2D eigenvalue weighted by Crippen LogP contribution is 2.42. The lowest BCUT2D eigenvalue weighted by molar-refractivity contribution is -0.151. The highest BCUT2D eigenvalue weighted by Gasteiger charge is 2.56. The van der Waals surface area contributed by atoms with Crippen LogP contribution in [0.1, 0.15) is 11.1 Å². The van der Waals surface area contributed by atoms with Gasteiger partial charge in [0.15, 0.2) is 0 Å². The maximum Gasteiger partial charge on any atom is 0.330 e. The van der Waals surface area contributed by atoms with Gasteiger partial charge in [0.25, 0.3) is 0 Å². The van der Waals surface area contributed by atoms with E-state index in [2.05, 4.69) is 11.4 Å². The van der Waals surface area contributed by atoms with Crippen molar-refractivity contribution in [2.45, 2.75) is 12.8 Å². The summed E-state index contributed by atoms with van der Waals surface area (Å²) in [4.78, 5) is 42.5. The van der Waals surface area contributed by atoms with Gasteiger partial charge in [0.1, 0.15) is 5.41 Å². The zero-order chi connectivity index (χ0) is 21.6. The number of amides is 4. The van der Waals surface area contributed by atoms with Gasteiger partial charge in [-0.1, -0.05) is 60.7 Å². The van der Waals surface area contributed by atoms with Crippen molar-refractivity contribution >= 4 is 34.3 Å². The first-order chi connectivity index (χ1) is 15.0. The molecular weight excluding hydrogens is 390 g/mol. The van der Waals surface area contributed by atoms with Crippen molar-refractivity contribution in [3.63, 3.8) is 0 Å². The summed E-state index contributed by atoms with van der Waals surface area (Å²) >= 11 is 0. The van der Waals surface area contributed by atoms with E-state index in [4.69, 9.17) is 0 Å². The van der Waals surface area contributed by atoms with E-state index in [1.165, 1.54) is 4.90 Å². The summed E-state index contributed by atoms with van der Waals surface area (Å²) in [6.45, 7) is 0.466. The summed E-state index contributed by atoms with van der Waals surface area (Å²) in [5, 5.41) is 4.55. The molecule has 1 N–H and O–H groups in total. The Hall–Kier alpha value is -3.67. The van der Waals surface area contributed by atoms with E-state index in [0.717, 1.165) is 27.6 Å². The minimum atomic E-state index is -1.32. The quantitative estimate of drug-likeness (QED) is 0.670. The molecule has 156 valence electrons. The lowest BCUT2D eigenvalue weighted by Gasteiger charge is -2.45. The summed E-state index contributed by atoms with van der Waals surface area (Å²) in [6.07, 6.45) is 0.813. The van der Waals surface area contributed by atoms with E-state index in [1.54, 1.807) is 0 Å². The molecule has 6 heteroatoms. The van der Waals surface area contributed by atoms with Crippen molar-refractivity contribution in [3.8, 4) is 0 Å². The summed E-state index contributed by atoms with van der Waals surface area (Å²) in [5.74, 6) is -0.925. The number of urea groups is 1. The van der Waals surface area contributed by atoms with Gasteiger partial charge in [0.05, 0.1) is 0 Å². The minimum absolute atomic E-state index is 0.232. The molecule has 3 aromatic carbocycles. The van der Waals surface area contributed by atoms with Gasteiger partial charge in [-0.3, -0.25) is 19.8 Å². The number of nitrogens with one attached hydrogen (secondary N) is 1. The molecule has 31 heavy (non-hydrogen) atoms. The number of imide groups is 2. The monoisotopic (exact) mass is 413 g/mol. The van der Waals surface area contributed by atoms with Crippen LogP contribution in [0.15, 0.2) is 66.7 Å². The molecule has 6 nitrogen and oxygen atoms in total. The third-order valence-corrected chi connectivity index (χ3v) is 6.43. The van der Waals surface area contributed by atoms with Gasteiger partial charge in [-0.05, 0) is 34.4 Å². The van der Waals surface area contributed by atoms with E-state index in [-0.39, 0.29) is 19.5 Å². The highest BCUT2D eigenvalue weighted by molar-refractivity contribution is 6.20. The fraction of sp³-hybridized carbons (Fsp3) is 0.240. The largest absolute Gasteiger partial charge is 0.373 e. The van der Waals surface area contributed by atoms with Gasteiger partial charge in [-0.2, -0.15) is 0 Å². The van der Waals surface area contributed by atoms with Crippen LogP contribution >= 0.6 is 0 Å². The first kappa shape index (κ1) is 19.3. The Bertz CT molecular complexity index is 1210. The Labute approximate surface area is 180 Å². The fourth-order valence-corrected chi connectivity index (χ4v) is 4.83. The van der Waals surface area contributed by atoms with Crippen molar-refractivity contribution in [2.75, 3.05) is 25.0 Å². The number of anilines is 1. The van der Waals surface area contributed by atoms with Gasteiger partial charge in [0.2, 0.25) is 11.8 Å². The van der Waals surface area contributed by atoms with E-state index < -0.39 is 23.3 Å². The number of rotatable bonds is 3. The van der Waals surface area contributed by atoms with Crippen molar-refractivity contribution in [1.82, 2.24) is 10.2 Å². The van der Waals surface area contributed by atoms with Crippen LogP contribution in [0.2, 0.25) is 0 Å². The lowest BCUT2D eigenvalue weighted by atomic mass is 9.73. The molecule has 3 aromatic rings. The molecule has 1 atom stereocenters. The summed E-state index contributed by atoms with van der Waals surface area (Å²) < 4.78 is 0. The number of barbiturate groups is 1. The summed E-state index contributed by atoms with van der Waals surface area (Å²) in [5.41, 5.74) is 1.69. The Morgan fingerprint density at radius 3 is 2.48 bits per heavy atom. The third kappa shape index (κ3) is 3.06. The standard InChI is InChI=1S/C25H23N3O3/c1-27-16-25(15-20-19-10-6-5-9-18(19)11-12-21(20)27)22(29)26-24(31)28(23(25)30)14-13-17-7-3-2-4-8-17/h2-12H,13-16H2,1H3,(H,26,29,31)/t25-/m0/s1. The van der Waals surface area contributed by atoms with Crippen LogP contribution in [-0.4, -0.2) is 42.9 Å². The molecule has 0 aliphatic carbocycles. The molecule has 1 fully saturated rings. The highest BCUT2D eigenvalue weighted by atomic mass is 16.2. The smallest absolute Gasteiger partial charge is 0.330 e. The van der Waals surface area contributed by atoms with Gasteiger partial charge in [0, 0.05) is 32.2 Å². The van der Waals surface area contributed by atoms with Crippen molar-refractivity contribution in [3.05, 3.63) is 77.9 Å². The zero-order valence-corrected chi connectivity index (χ0v) is 17.3. The van der Waals surface area contributed by atoms with Crippen LogP contribution in [0, 0.1) is 5.41 Å². The second-order valence-corrected chi connectivity index (χ2v) is 8.35. The Morgan fingerprint density at radius 1 is 0.935 bits per heavy atom. The molecule has 2 heterocycles. The van der Waals surface area contributed by atoms with Crippen molar-refractivity contribution in [1.29, 1.82) is 0 Å². The number of carbonyl (C=O) groups excluding carboxylic acids is 3. The molecule has 4 amide bonds. The average molecular weight is 413 g/mol. The number of fused-ring (bicyclic) bond motifs is 3. The first-order valence-corrected chi connectivity index (χ1v) is 10.4. The van der Waals surface area contributed by atoms with Gasteiger partial charge < -0.3 is 4.90 Å².